The maximum Gasteiger partial charge on any atom is 0.176 e. The summed E-state index contributed by atoms with van der Waals surface area (Å²) in [5.41, 5.74) is 1.11. The van der Waals surface area contributed by atoms with Crippen LogP contribution in [0.1, 0.15) is 12.5 Å². The number of rotatable bonds is 7. The molecule has 27 heavy (non-hydrogen) atoms. The van der Waals surface area contributed by atoms with Gasteiger partial charge in [0.25, 0.3) is 0 Å². The first-order chi connectivity index (χ1) is 13.0. The molecule has 0 amide bonds. The molecule has 0 spiro atoms. The van der Waals surface area contributed by atoms with Crippen LogP contribution in [-0.2, 0) is 18.0 Å². The topological polar surface area (TPSA) is 68.9 Å². The van der Waals surface area contributed by atoms with E-state index >= 15 is 0 Å². The zero-order valence-electron chi connectivity index (χ0n) is 14.5. The van der Waals surface area contributed by atoms with E-state index in [9.17, 15) is 4.39 Å². The van der Waals surface area contributed by atoms with E-state index in [1.807, 2.05) is 6.92 Å². The van der Waals surface area contributed by atoms with Gasteiger partial charge in [-0.3, -0.25) is 4.68 Å². The molecule has 0 aliphatic heterocycles. The minimum atomic E-state index is -0.367. The monoisotopic (exact) mass is 408 g/mol. The lowest BCUT2D eigenvalue weighted by Gasteiger charge is -2.07. The summed E-state index contributed by atoms with van der Waals surface area (Å²) < 4.78 is 22.4. The van der Waals surface area contributed by atoms with E-state index in [0.717, 1.165) is 5.69 Å². The van der Waals surface area contributed by atoms with E-state index in [1.165, 1.54) is 6.07 Å². The van der Waals surface area contributed by atoms with Gasteiger partial charge < -0.3 is 15.4 Å². The molecule has 7 nitrogen and oxygen atoms in total. The second-order valence-corrected chi connectivity index (χ2v) is 6.38. The first kappa shape index (κ1) is 19.3. The van der Waals surface area contributed by atoms with Gasteiger partial charge in [-0.05, 0) is 31.3 Å². The van der Waals surface area contributed by atoms with Crippen molar-refractivity contribution in [3.63, 3.8) is 0 Å². The van der Waals surface area contributed by atoms with Crippen LogP contribution >= 0.6 is 23.8 Å². The molecule has 0 radical (unpaired) electrons. The second kappa shape index (κ2) is 8.94. The highest BCUT2D eigenvalue weighted by Gasteiger charge is 2.09. The van der Waals surface area contributed by atoms with Crippen molar-refractivity contribution in [2.45, 2.75) is 20.2 Å². The predicted molar refractivity (Wildman–Crippen MR) is 106 cm³/mol. The smallest absolute Gasteiger partial charge is 0.176 e. The first-order valence-corrected chi connectivity index (χ1v) is 8.98. The Morgan fingerprint density at radius 2 is 2.15 bits per heavy atom. The van der Waals surface area contributed by atoms with Gasteiger partial charge in [-0.1, -0.05) is 17.7 Å². The van der Waals surface area contributed by atoms with Crippen molar-refractivity contribution in [3.05, 3.63) is 59.3 Å². The third-order valence-electron chi connectivity index (χ3n) is 3.58. The number of nitrogens with zero attached hydrogens (tertiary/aromatic N) is 4. The Hall–Kier alpha value is -2.49. The molecule has 2 N–H and O–H groups in total. The van der Waals surface area contributed by atoms with Crippen molar-refractivity contribution >= 4 is 40.4 Å². The summed E-state index contributed by atoms with van der Waals surface area (Å²) in [5, 5.41) is 15.2. The highest BCUT2D eigenvalue weighted by atomic mass is 35.5. The molecule has 0 bridgehead atoms. The number of thiocarbonyl (C=S) groups is 1. The molecular formula is C17H18ClFN6OS. The van der Waals surface area contributed by atoms with Crippen molar-refractivity contribution in [3.8, 4) is 0 Å². The first-order valence-electron chi connectivity index (χ1n) is 8.19. The van der Waals surface area contributed by atoms with Gasteiger partial charge in [-0.2, -0.15) is 10.2 Å². The molecule has 0 atom stereocenters. The molecule has 0 saturated carbocycles. The van der Waals surface area contributed by atoms with Crippen molar-refractivity contribution in [2.24, 2.45) is 0 Å². The Bertz CT molecular complexity index is 908. The molecule has 3 rings (SSSR count). The molecule has 10 heteroatoms. The summed E-state index contributed by atoms with van der Waals surface area (Å²) in [6.45, 7) is 3.13. The maximum absolute atomic E-state index is 13.9. The zero-order valence-corrected chi connectivity index (χ0v) is 16.1. The van der Waals surface area contributed by atoms with E-state index in [4.69, 9.17) is 28.6 Å². The lowest BCUT2D eigenvalue weighted by Crippen LogP contribution is -2.19. The molecule has 2 heterocycles. The summed E-state index contributed by atoms with van der Waals surface area (Å²) in [6.07, 6.45) is 5.14. The van der Waals surface area contributed by atoms with Crippen LogP contribution in [0.3, 0.4) is 0 Å². The normalized spacial score (nSPS) is 10.8. The Balaban J connectivity index is 1.57. The average molecular weight is 409 g/mol. The number of halogens is 2. The molecule has 0 aliphatic carbocycles. The predicted octanol–water partition coefficient (Wildman–Crippen LogP) is 3.72. The minimum absolute atomic E-state index is 0.220. The van der Waals surface area contributed by atoms with Crippen molar-refractivity contribution in [1.82, 2.24) is 19.6 Å². The Labute approximate surface area is 166 Å². The van der Waals surface area contributed by atoms with Crippen LogP contribution in [0.4, 0.5) is 15.9 Å². The van der Waals surface area contributed by atoms with E-state index in [0.29, 0.717) is 34.9 Å². The lowest BCUT2D eigenvalue weighted by molar-refractivity contribution is 0.0792. The Kier molecular flexibility index (Phi) is 6.38. The highest BCUT2D eigenvalue weighted by molar-refractivity contribution is 7.80. The van der Waals surface area contributed by atoms with Gasteiger partial charge >= 0.3 is 0 Å². The summed E-state index contributed by atoms with van der Waals surface area (Å²) in [4.78, 5) is 0. The molecule has 0 fully saturated rings. The SMILES string of the molecule is CCOCn1cc(NC(=S)Nc2ccn(Cc3c(F)cccc3Cl)n2)cn1. The molecule has 1 aromatic carbocycles. The zero-order chi connectivity index (χ0) is 19.2. The molecular weight excluding hydrogens is 391 g/mol. The van der Waals surface area contributed by atoms with Gasteiger partial charge in [0.2, 0.25) is 0 Å². The highest BCUT2D eigenvalue weighted by Crippen LogP contribution is 2.20. The Morgan fingerprint density at radius 1 is 1.30 bits per heavy atom. The third kappa shape index (κ3) is 5.25. The van der Waals surface area contributed by atoms with Gasteiger partial charge in [0.05, 0.1) is 24.6 Å². The fourth-order valence-electron chi connectivity index (χ4n) is 2.32. The standard InChI is InChI=1S/C17H18ClFN6OS/c1-2-26-11-25-9-12(8-20-25)21-17(27)22-16-6-7-24(23-16)10-13-14(18)4-3-5-15(13)19/h3-9H,2,10-11H2,1H3,(H2,21,22,23,27). The molecule has 3 aromatic rings. The molecule has 2 aromatic heterocycles. The number of ether oxygens (including phenoxy) is 1. The fourth-order valence-corrected chi connectivity index (χ4v) is 2.77. The van der Waals surface area contributed by atoms with Crippen molar-refractivity contribution < 1.29 is 9.13 Å². The van der Waals surface area contributed by atoms with Crippen molar-refractivity contribution in [1.29, 1.82) is 0 Å². The summed E-state index contributed by atoms with van der Waals surface area (Å²) in [5.74, 6) is 0.162. The summed E-state index contributed by atoms with van der Waals surface area (Å²) >= 11 is 11.3. The van der Waals surface area contributed by atoms with Gasteiger partial charge in [0.1, 0.15) is 12.5 Å². The second-order valence-electron chi connectivity index (χ2n) is 5.57. The lowest BCUT2D eigenvalue weighted by atomic mass is 10.2. The van der Waals surface area contributed by atoms with E-state index in [2.05, 4.69) is 20.8 Å². The minimum Gasteiger partial charge on any atom is -0.360 e. The fraction of sp³-hybridized carbons (Fsp3) is 0.235. The van der Waals surface area contributed by atoms with Crippen LogP contribution in [0.15, 0.2) is 42.9 Å². The van der Waals surface area contributed by atoms with Crippen LogP contribution in [0, 0.1) is 5.82 Å². The molecule has 0 aliphatic rings. The van der Waals surface area contributed by atoms with Gasteiger partial charge in [0.15, 0.2) is 10.9 Å². The summed E-state index contributed by atoms with van der Waals surface area (Å²) in [6, 6.07) is 6.32. The van der Waals surface area contributed by atoms with Gasteiger partial charge in [0, 0.05) is 29.5 Å². The third-order valence-corrected chi connectivity index (χ3v) is 4.14. The Morgan fingerprint density at radius 3 is 2.93 bits per heavy atom. The number of hydrogen-bond acceptors (Lipinski definition) is 4. The number of anilines is 2. The maximum atomic E-state index is 13.9. The number of hydrogen-bond donors (Lipinski definition) is 2. The average Bonchev–Trinajstić information content (AvgIpc) is 3.26. The number of nitrogens with one attached hydrogen (secondary N) is 2. The van der Waals surface area contributed by atoms with Crippen molar-refractivity contribution in [2.75, 3.05) is 17.2 Å². The van der Waals surface area contributed by atoms with E-state index < -0.39 is 0 Å². The van der Waals surface area contributed by atoms with Gasteiger partial charge in [-0.15, -0.1) is 0 Å². The van der Waals surface area contributed by atoms with E-state index in [1.54, 1.807) is 46.2 Å². The van der Waals surface area contributed by atoms with Crippen LogP contribution in [0.5, 0.6) is 0 Å². The van der Waals surface area contributed by atoms with Gasteiger partial charge in [-0.25, -0.2) is 9.07 Å². The van der Waals surface area contributed by atoms with Crippen LogP contribution in [0.25, 0.3) is 0 Å². The van der Waals surface area contributed by atoms with Crippen LogP contribution < -0.4 is 10.6 Å². The quantitative estimate of drug-likeness (QED) is 0.581. The number of aromatic nitrogens is 4. The van der Waals surface area contributed by atoms with Crippen LogP contribution in [0.2, 0.25) is 5.02 Å². The van der Waals surface area contributed by atoms with E-state index in [-0.39, 0.29) is 12.4 Å². The molecule has 142 valence electrons. The largest absolute Gasteiger partial charge is 0.360 e. The molecule has 0 saturated heterocycles. The summed E-state index contributed by atoms with van der Waals surface area (Å²) in [7, 11) is 0. The number of benzene rings is 1. The van der Waals surface area contributed by atoms with Crippen LogP contribution in [-0.4, -0.2) is 31.3 Å². The molecule has 0 unspecified atom stereocenters.